The summed E-state index contributed by atoms with van der Waals surface area (Å²) < 4.78 is 0. The molecule has 3 aromatic carbocycles. The summed E-state index contributed by atoms with van der Waals surface area (Å²) in [5.74, 6) is -1.65. The summed E-state index contributed by atoms with van der Waals surface area (Å²) in [5, 5.41) is 21.2. The van der Waals surface area contributed by atoms with Gasteiger partial charge in [-0.15, -0.1) is 11.3 Å². The van der Waals surface area contributed by atoms with Gasteiger partial charge in [0.05, 0.1) is 12.5 Å². The lowest BCUT2D eigenvalue weighted by Crippen LogP contribution is -2.35. The highest BCUT2D eigenvalue weighted by Gasteiger charge is 2.14. The van der Waals surface area contributed by atoms with Crippen LogP contribution in [-0.4, -0.2) is 29.4 Å². The highest BCUT2D eigenvalue weighted by molar-refractivity contribution is 7.14. The Kier molecular flexibility index (Phi) is 7.89. The van der Waals surface area contributed by atoms with E-state index in [0.717, 1.165) is 16.9 Å². The summed E-state index contributed by atoms with van der Waals surface area (Å²) in [5.41, 5.74) is 2.96. The number of benzene rings is 3. The largest absolute Gasteiger partial charge is 0.548 e. The van der Waals surface area contributed by atoms with Crippen molar-refractivity contribution in [1.29, 1.82) is 0 Å². The average molecular weight is 501 g/mol. The Morgan fingerprint density at radius 2 is 1.47 bits per heavy atom. The van der Waals surface area contributed by atoms with Crippen LogP contribution in [0.1, 0.15) is 16.1 Å². The summed E-state index contributed by atoms with van der Waals surface area (Å²) in [6.45, 7) is 0.0509. The van der Waals surface area contributed by atoms with Crippen molar-refractivity contribution in [2.24, 2.45) is 0 Å². The van der Waals surface area contributed by atoms with E-state index in [-0.39, 0.29) is 12.2 Å². The third kappa shape index (κ3) is 6.67. The second kappa shape index (κ2) is 11.6. The van der Waals surface area contributed by atoms with Crippen LogP contribution >= 0.6 is 11.3 Å². The number of rotatable bonds is 9. The topological polar surface area (TPSA) is 126 Å². The van der Waals surface area contributed by atoms with Crippen molar-refractivity contribution in [3.63, 3.8) is 0 Å². The second-order valence-corrected chi connectivity index (χ2v) is 8.48. The van der Waals surface area contributed by atoms with Gasteiger partial charge in [0.1, 0.15) is 5.69 Å². The van der Waals surface area contributed by atoms with Gasteiger partial charge < -0.3 is 25.4 Å². The van der Waals surface area contributed by atoms with Crippen LogP contribution < -0.4 is 26.0 Å². The van der Waals surface area contributed by atoms with Gasteiger partial charge in [-0.25, -0.2) is 9.78 Å². The molecule has 9 nitrogen and oxygen atoms in total. The first-order valence-electron chi connectivity index (χ1n) is 11.0. The number of hydrogen-bond donors (Lipinski definition) is 3. The molecule has 4 aromatic rings. The molecule has 0 atom stereocenters. The van der Waals surface area contributed by atoms with E-state index in [1.54, 1.807) is 46.7 Å². The molecule has 36 heavy (non-hydrogen) atoms. The number of aliphatic carboxylic acids is 1. The Balaban J connectivity index is 1.34. The standard InChI is InChI=1S/C26H23N5O4S/c32-23(33)16-31(20-9-5-2-6-10-20)21-13-11-19(12-14-21)28-24(34)22-17-36-26(29-22)30-25(35)27-15-18-7-3-1-4-8-18/h1-14,17H,15-16H2,(H,28,34)(H,32,33)(H2,27,29,30,35)/p-1. The molecule has 0 bridgehead atoms. The van der Waals surface area contributed by atoms with E-state index < -0.39 is 17.9 Å². The van der Waals surface area contributed by atoms with Crippen LogP contribution in [-0.2, 0) is 11.3 Å². The molecule has 0 aliphatic heterocycles. The van der Waals surface area contributed by atoms with Gasteiger partial charge in [0, 0.05) is 29.0 Å². The molecule has 0 saturated carbocycles. The molecule has 1 aromatic heterocycles. The fraction of sp³-hybridized carbons (Fsp3) is 0.0769. The number of anilines is 4. The molecule has 182 valence electrons. The summed E-state index contributed by atoms with van der Waals surface area (Å²) in [6, 6.07) is 24.9. The number of para-hydroxylation sites is 1. The van der Waals surface area contributed by atoms with Gasteiger partial charge in [0.15, 0.2) is 5.13 Å². The third-order valence-electron chi connectivity index (χ3n) is 5.05. The predicted octanol–water partition coefficient (Wildman–Crippen LogP) is 3.61. The molecule has 3 amide bonds. The molecule has 0 spiro atoms. The van der Waals surface area contributed by atoms with Gasteiger partial charge in [-0.1, -0.05) is 48.5 Å². The van der Waals surface area contributed by atoms with Crippen LogP contribution in [0.25, 0.3) is 0 Å². The van der Waals surface area contributed by atoms with Crippen molar-refractivity contribution < 1.29 is 19.5 Å². The Bertz CT molecular complexity index is 1330. The minimum atomic E-state index is -1.21. The van der Waals surface area contributed by atoms with Crippen LogP contribution in [0.5, 0.6) is 0 Å². The fourth-order valence-corrected chi connectivity index (χ4v) is 4.03. The number of urea groups is 1. The van der Waals surface area contributed by atoms with Crippen molar-refractivity contribution in [3.05, 3.63) is 102 Å². The number of aromatic nitrogens is 1. The molecule has 3 N–H and O–H groups in total. The molecule has 0 aliphatic carbocycles. The Labute approximate surface area is 211 Å². The molecular weight excluding hydrogens is 478 g/mol. The van der Waals surface area contributed by atoms with Gasteiger partial charge in [-0.3, -0.25) is 10.1 Å². The van der Waals surface area contributed by atoms with Gasteiger partial charge >= 0.3 is 6.03 Å². The van der Waals surface area contributed by atoms with E-state index >= 15 is 0 Å². The van der Waals surface area contributed by atoms with Crippen LogP contribution in [0.15, 0.2) is 90.3 Å². The lowest BCUT2D eigenvalue weighted by atomic mass is 10.2. The number of nitrogens with one attached hydrogen (secondary N) is 3. The van der Waals surface area contributed by atoms with Crippen LogP contribution in [0, 0.1) is 0 Å². The maximum Gasteiger partial charge on any atom is 0.321 e. The zero-order chi connectivity index (χ0) is 25.3. The fourth-order valence-electron chi connectivity index (χ4n) is 3.34. The van der Waals surface area contributed by atoms with Gasteiger partial charge in [0.2, 0.25) is 0 Å². The molecule has 4 rings (SSSR count). The van der Waals surface area contributed by atoms with Gasteiger partial charge in [-0.2, -0.15) is 0 Å². The number of thiazole rings is 1. The summed E-state index contributed by atoms with van der Waals surface area (Å²) in [7, 11) is 0. The van der Waals surface area contributed by atoms with Crippen LogP contribution in [0.4, 0.5) is 27.0 Å². The maximum atomic E-state index is 12.6. The summed E-state index contributed by atoms with van der Waals surface area (Å²) >= 11 is 1.14. The van der Waals surface area contributed by atoms with Crippen molar-refractivity contribution in [2.45, 2.75) is 6.54 Å². The molecular formula is C26H22N5O4S-. The number of carboxylic acids is 1. The number of nitrogens with zero attached hydrogens (tertiary/aromatic N) is 2. The predicted molar refractivity (Wildman–Crippen MR) is 137 cm³/mol. The van der Waals surface area contributed by atoms with E-state index in [2.05, 4.69) is 20.9 Å². The number of carboxylic acid groups (broad SMARTS) is 1. The number of amides is 3. The molecule has 0 unspecified atom stereocenters. The van der Waals surface area contributed by atoms with E-state index in [4.69, 9.17) is 0 Å². The minimum Gasteiger partial charge on any atom is -0.548 e. The molecule has 0 saturated heterocycles. The average Bonchev–Trinajstić information content (AvgIpc) is 3.36. The first-order valence-corrected chi connectivity index (χ1v) is 11.8. The van der Waals surface area contributed by atoms with Gasteiger partial charge in [0.25, 0.3) is 5.91 Å². The lowest BCUT2D eigenvalue weighted by molar-refractivity contribution is -0.303. The molecule has 0 aliphatic rings. The normalized spacial score (nSPS) is 10.3. The van der Waals surface area contributed by atoms with E-state index in [1.807, 2.05) is 48.5 Å². The Hall–Kier alpha value is -4.70. The molecule has 0 radical (unpaired) electrons. The van der Waals surface area contributed by atoms with Crippen molar-refractivity contribution >= 4 is 51.4 Å². The summed E-state index contributed by atoms with van der Waals surface area (Å²) in [4.78, 5) is 41.8. The molecule has 0 fully saturated rings. The summed E-state index contributed by atoms with van der Waals surface area (Å²) in [6.07, 6.45) is 0. The maximum absolute atomic E-state index is 12.6. The number of carbonyl (C=O) groups is 3. The Morgan fingerprint density at radius 3 is 2.14 bits per heavy atom. The van der Waals surface area contributed by atoms with E-state index in [0.29, 0.717) is 28.7 Å². The SMILES string of the molecule is O=C([O-])CN(c1ccccc1)c1ccc(NC(=O)c2csc(NC(=O)NCc3ccccc3)n2)cc1. The van der Waals surface area contributed by atoms with E-state index in [1.165, 1.54) is 0 Å². The van der Waals surface area contributed by atoms with Crippen molar-refractivity contribution in [1.82, 2.24) is 10.3 Å². The monoisotopic (exact) mass is 500 g/mol. The third-order valence-corrected chi connectivity index (χ3v) is 5.80. The van der Waals surface area contributed by atoms with Crippen LogP contribution in [0.3, 0.4) is 0 Å². The molecule has 1 heterocycles. The first kappa shape index (κ1) is 24.4. The zero-order valence-electron chi connectivity index (χ0n) is 19.0. The quantitative estimate of drug-likeness (QED) is 0.322. The second-order valence-electron chi connectivity index (χ2n) is 7.63. The Morgan fingerprint density at radius 1 is 0.833 bits per heavy atom. The number of hydrogen-bond acceptors (Lipinski definition) is 7. The van der Waals surface area contributed by atoms with Crippen molar-refractivity contribution in [3.8, 4) is 0 Å². The minimum absolute atomic E-state index is 0.158. The van der Waals surface area contributed by atoms with E-state index in [9.17, 15) is 19.5 Å². The lowest BCUT2D eigenvalue weighted by Gasteiger charge is -2.25. The van der Waals surface area contributed by atoms with Crippen molar-refractivity contribution in [2.75, 3.05) is 22.1 Å². The highest BCUT2D eigenvalue weighted by atomic mass is 32.1. The van der Waals surface area contributed by atoms with Gasteiger partial charge in [-0.05, 0) is 42.0 Å². The number of carbonyl (C=O) groups excluding carboxylic acids is 3. The highest BCUT2D eigenvalue weighted by Crippen LogP contribution is 2.26. The zero-order valence-corrected chi connectivity index (χ0v) is 19.8. The first-order chi connectivity index (χ1) is 17.5. The molecule has 10 heteroatoms. The van der Waals surface area contributed by atoms with Crippen LogP contribution in [0.2, 0.25) is 0 Å². The smallest absolute Gasteiger partial charge is 0.321 e.